The third kappa shape index (κ3) is 4.94. The summed E-state index contributed by atoms with van der Waals surface area (Å²) in [5, 5.41) is 3.89. The lowest BCUT2D eigenvalue weighted by Crippen LogP contribution is -2.34. The number of imide groups is 2. The lowest BCUT2D eigenvalue weighted by Gasteiger charge is -2.21. The molecule has 0 bridgehead atoms. The van der Waals surface area contributed by atoms with Crippen LogP contribution in [-0.2, 0) is 12.8 Å². The molecule has 2 atom stereocenters. The Morgan fingerprint density at radius 2 is 0.761 bits per heavy atom. The number of amides is 4. The molecular weight excluding hydrogens is 572 g/mol. The Kier molecular flexibility index (Phi) is 7.78. The largest absolute Gasteiger partial charge is 0.274 e. The second kappa shape index (κ2) is 11.8. The molecule has 0 aromatic heterocycles. The maximum absolute atomic E-state index is 13.4. The van der Waals surface area contributed by atoms with Crippen LogP contribution in [0, 0.1) is 11.8 Å². The summed E-state index contributed by atoms with van der Waals surface area (Å²) in [6.45, 7) is 9.46. The summed E-state index contributed by atoms with van der Waals surface area (Å²) in [5.74, 6) is -0.0835. The maximum atomic E-state index is 13.4. The predicted octanol–water partition coefficient (Wildman–Crippen LogP) is 8.33. The van der Waals surface area contributed by atoms with Gasteiger partial charge in [-0.3, -0.25) is 29.0 Å². The molecule has 6 nitrogen and oxygen atoms in total. The Hall–Kier alpha value is -4.32. The van der Waals surface area contributed by atoms with Gasteiger partial charge in [0.15, 0.2) is 0 Å². The van der Waals surface area contributed by atoms with E-state index in [0.717, 1.165) is 72.9 Å². The van der Waals surface area contributed by atoms with Crippen molar-refractivity contribution in [3.63, 3.8) is 0 Å². The van der Waals surface area contributed by atoms with Crippen molar-refractivity contribution in [2.45, 2.75) is 79.1 Å². The van der Waals surface area contributed by atoms with Gasteiger partial charge in [0.1, 0.15) is 0 Å². The number of nitrogens with zero attached hydrogens (tertiary/aromatic N) is 2. The summed E-state index contributed by atoms with van der Waals surface area (Å²) in [6, 6.07) is 16.3. The second-order valence-corrected chi connectivity index (χ2v) is 13.7. The highest BCUT2D eigenvalue weighted by molar-refractivity contribution is 6.24. The van der Waals surface area contributed by atoms with Crippen molar-refractivity contribution < 1.29 is 19.2 Å². The normalized spacial score (nSPS) is 16.7. The summed E-state index contributed by atoms with van der Waals surface area (Å²) < 4.78 is 0. The van der Waals surface area contributed by atoms with Gasteiger partial charge in [0.2, 0.25) is 0 Å². The van der Waals surface area contributed by atoms with Crippen molar-refractivity contribution in [2.75, 3.05) is 13.1 Å². The molecule has 3 aliphatic rings. The predicted molar refractivity (Wildman–Crippen MR) is 182 cm³/mol. The summed E-state index contributed by atoms with van der Waals surface area (Å²) in [7, 11) is 0. The Morgan fingerprint density at radius 3 is 1.00 bits per heavy atom. The van der Waals surface area contributed by atoms with Gasteiger partial charge in [-0.2, -0.15) is 0 Å². The molecule has 0 radical (unpaired) electrons. The van der Waals surface area contributed by atoms with Crippen molar-refractivity contribution in [1.29, 1.82) is 0 Å². The molecular formula is C40H42N2O4. The smallest absolute Gasteiger partial charge is 0.261 e. The first-order valence-electron chi connectivity index (χ1n) is 17.2. The number of rotatable bonds is 10. The van der Waals surface area contributed by atoms with E-state index in [0.29, 0.717) is 47.2 Å². The van der Waals surface area contributed by atoms with E-state index in [9.17, 15) is 19.2 Å². The van der Waals surface area contributed by atoms with E-state index < -0.39 is 0 Å². The van der Waals surface area contributed by atoms with E-state index in [-0.39, 0.29) is 23.6 Å². The van der Waals surface area contributed by atoms with Gasteiger partial charge in [0.05, 0.1) is 22.3 Å². The van der Waals surface area contributed by atoms with Crippen molar-refractivity contribution in [3.8, 4) is 0 Å². The molecule has 0 spiro atoms. The van der Waals surface area contributed by atoms with Gasteiger partial charge in [-0.05, 0) is 106 Å². The van der Waals surface area contributed by atoms with E-state index in [2.05, 4.69) is 52.0 Å². The number of carbonyl (C=O) groups is 4. The Labute approximate surface area is 270 Å². The molecule has 0 N–H and O–H groups in total. The highest BCUT2D eigenvalue weighted by atomic mass is 16.2. The Bertz CT molecular complexity index is 1690. The molecule has 2 heterocycles. The van der Waals surface area contributed by atoms with Crippen LogP contribution in [0.1, 0.15) is 130 Å². The van der Waals surface area contributed by atoms with Gasteiger partial charge in [-0.25, -0.2) is 0 Å². The fourth-order valence-electron chi connectivity index (χ4n) is 7.94. The summed E-state index contributed by atoms with van der Waals surface area (Å²) in [6.07, 6.45) is 7.44. The molecule has 4 aromatic carbocycles. The zero-order valence-electron chi connectivity index (χ0n) is 27.4. The maximum Gasteiger partial charge on any atom is 0.261 e. The number of hydrogen-bond acceptors (Lipinski definition) is 4. The van der Waals surface area contributed by atoms with Crippen LogP contribution in [0.25, 0.3) is 21.5 Å². The van der Waals surface area contributed by atoms with E-state index in [1.165, 1.54) is 32.1 Å². The highest BCUT2D eigenvalue weighted by Gasteiger charge is 2.38. The third-order valence-corrected chi connectivity index (χ3v) is 10.7. The standard InChI is InChI=1S/C40H42N2O4/c1-5-9-23(7-3)21-41-37(43)33-17-29-13-25-11-27-15-31-19-35-36(40(46)42(39(35)45)22-24(8-4)10-6-2)20-32(31)16-28(27)12-26(25)14-30(29)18-34(33)38(41)44/h13-20,23-24H,5-12,21-22H2,1-4H3. The zero-order chi connectivity index (χ0) is 32.3. The van der Waals surface area contributed by atoms with Gasteiger partial charge in [-0.15, -0.1) is 0 Å². The van der Waals surface area contributed by atoms with Gasteiger partial charge in [0, 0.05) is 13.1 Å². The average molecular weight is 615 g/mol. The minimum Gasteiger partial charge on any atom is -0.274 e. The molecule has 2 aliphatic heterocycles. The summed E-state index contributed by atoms with van der Waals surface area (Å²) in [4.78, 5) is 56.4. The van der Waals surface area contributed by atoms with Gasteiger partial charge < -0.3 is 0 Å². The molecule has 2 unspecified atom stereocenters. The monoisotopic (exact) mass is 614 g/mol. The highest BCUT2D eigenvalue weighted by Crippen LogP contribution is 2.37. The van der Waals surface area contributed by atoms with Gasteiger partial charge in [0.25, 0.3) is 23.6 Å². The average Bonchev–Trinajstić information content (AvgIpc) is 3.41. The van der Waals surface area contributed by atoms with Crippen LogP contribution in [0.4, 0.5) is 0 Å². The topological polar surface area (TPSA) is 74.8 Å². The van der Waals surface area contributed by atoms with E-state index in [1.54, 1.807) is 0 Å². The van der Waals surface area contributed by atoms with E-state index in [4.69, 9.17) is 0 Å². The molecule has 6 heteroatoms. The fourth-order valence-corrected chi connectivity index (χ4v) is 7.94. The fraction of sp³-hybridized carbons (Fsp3) is 0.400. The van der Waals surface area contributed by atoms with Crippen LogP contribution in [0.5, 0.6) is 0 Å². The number of carbonyl (C=O) groups excluding carboxylic acids is 4. The quantitative estimate of drug-likeness (QED) is 0.148. The lowest BCUT2D eigenvalue weighted by molar-refractivity contribution is 0.0609. The molecule has 4 amide bonds. The molecule has 0 saturated carbocycles. The SMILES string of the molecule is CCCC(CC)CN1C(=O)c2cc3cc4c(cc3cc2C1=O)Cc1cc2cc3c(cc2cc1C4)C(=O)N(CC(CC)CCC)C3=O. The second-order valence-electron chi connectivity index (χ2n) is 13.7. The van der Waals surface area contributed by atoms with Crippen molar-refractivity contribution in [1.82, 2.24) is 9.80 Å². The Balaban J connectivity index is 1.19. The first-order chi connectivity index (χ1) is 22.2. The third-order valence-electron chi connectivity index (χ3n) is 10.7. The number of hydrogen-bond donors (Lipinski definition) is 0. The summed E-state index contributed by atoms with van der Waals surface area (Å²) in [5.41, 5.74) is 6.87. The zero-order valence-corrected chi connectivity index (χ0v) is 27.4. The number of benzene rings is 4. The van der Waals surface area contributed by atoms with E-state index >= 15 is 0 Å². The molecule has 236 valence electrons. The van der Waals surface area contributed by atoms with Crippen LogP contribution in [0.2, 0.25) is 0 Å². The van der Waals surface area contributed by atoms with Crippen molar-refractivity contribution in [3.05, 3.63) is 93.0 Å². The summed E-state index contributed by atoms with van der Waals surface area (Å²) >= 11 is 0. The van der Waals surface area contributed by atoms with E-state index in [1.807, 2.05) is 24.3 Å². The molecule has 4 aromatic rings. The number of fused-ring (bicyclic) bond motifs is 6. The lowest BCUT2D eigenvalue weighted by atomic mass is 9.82. The minimum absolute atomic E-state index is 0.180. The molecule has 1 aliphatic carbocycles. The van der Waals surface area contributed by atoms with Gasteiger partial charge >= 0.3 is 0 Å². The minimum atomic E-state index is -0.180. The van der Waals surface area contributed by atoms with Crippen LogP contribution < -0.4 is 0 Å². The molecule has 0 saturated heterocycles. The molecule has 46 heavy (non-hydrogen) atoms. The Morgan fingerprint density at radius 1 is 0.478 bits per heavy atom. The first-order valence-corrected chi connectivity index (χ1v) is 17.2. The van der Waals surface area contributed by atoms with Crippen LogP contribution >= 0.6 is 0 Å². The molecule has 0 fully saturated rings. The van der Waals surface area contributed by atoms with Crippen molar-refractivity contribution >= 4 is 45.2 Å². The van der Waals surface area contributed by atoms with Crippen molar-refractivity contribution in [2.24, 2.45) is 11.8 Å². The van der Waals surface area contributed by atoms with Crippen LogP contribution in [-0.4, -0.2) is 46.5 Å². The first kappa shape index (κ1) is 30.3. The molecule has 7 rings (SSSR count). The van der Waals surface area contributed by atoms with Crippen LogP contribution in [0.3, 0.4) is 0 Å². The van der Waals surface area contributed by atoms with Crippen LogP contribution in [0.15, 0.2) is 48.5 Å². The van der Waals surface area contributed by atoms with Gasteiger partial charge in [-0.1, -0.05) is 77.6 Å².